The summed E-state index contributed by atoms with van der Waals surface area (Å²) in [6, 6.07) is 6.45. The molecule has 1 fully saturated rings. The van der Waals surface area contributed by atoms with Crippen molar-refractivity contribution in [3.8, 4) is 0 Å². The fraction of sp³-hybridized carbons (Fsp3) is 0.500. The molecule has 4 heteroatoms. The number of thiocarbonyl (C=S) groups is 1. The number of halogens is 1. The van der Waals surface area contributed by atoms with Crippen LogP contribution in [0.25, 0.3) is 0 Å². The summed E-state index contributed by atoms with van der Waals surface area (Å²) < 4.78 is 13.0. The van der Waals surface area contributed by atoms with Crippen LogP contribution in [-0.4, -0.2) is 23.0 Å². The number of nitrogens with two attached hydrogens (primary N) is 1. The van der Waals surface area contributed by atoms with Crippen LogP contribution in [0.1, 0.15) is 37.3 Å². The molecular weight excluding hydrogens is 247 g/mol. The van der Waals surface area contributed by atoms with E-state index in [1.54, 1.807) is 12.1 Å². The molecule has 2 N–H and O–H groups in total. The van der Waals surface area contributed by atoms with Crippen molar-refractivity contribution in [2.24, 2.45) is 5.73 Å². The van der Waals surface area contributed by atoms with Crippen LogP contribution < -0.4 is 5.73 Å². The van der Waals surface area contributed by atoms with E-state index in [1.807, 2.05) is 0 Å². The van der Waals surface area contributed by atoms with Gasteiger partial charge in [-0.2, -0.15) is 0 Å². The van der Waals surface area contributed by atoms with Crippen molar-refractivity contribution in [3.63, 3.8) is 0 Å². The lowest BCUT2D eigenvalue weighted by Crippen LogP contribution is -2.37. The highest BCUT2D eigenvalue weighted by atomic mass is 32.1. The van der Waals surface area contributed by atoms with E-state index in [0.717, 1.165) is 18.7 Å². The van der Waals surface area contributed by atoms with Crippen molar-refractivity contribution < 1.29 is 4.39 Å². The quantitative estimate of drug-likeness (QED) is 0.853. The van der Waals surface area contributed by atoms with E-state index >= 15 is 0 Å². The summed E-state index contributed by atoms with van der Waals surface area (Å²) in [7, 11) is 0. The molecule has 0 bridgehead atoms. The zero-order chi connectivity index (χ0) is 13.0. The Morgan fingerprint density at radius 2 is 1.67 bits per heavy atom. The molecule has 18 heavy (non-hydrogen) atoms. The molecule has 1 aliphatic heterocycles. The van der Waals surface area contributed by atoms with E-state index in [1.165, 1.54) is 37.8 Å². The van der Waals surface area contributed by atoms with Crippen molar-refractivity contribution >= 4 is 17.2 Å². The molecule has 1 aliphatic rings. The Hall–Kier alpha value is -1.00. The predicted octanol–water partition coefficient (Wildman–Crippen LogP) is 3.03. The molecule has 1 heterocycles. The fourth-order valence-corrected chi connectivity index (χ4v) is 2.84. The maximum absolute atomic E-state index is 13.0. The third kappa shape index (κ3) is 3.27. The Morgan fingerprint density at radius 3 is 2.17 bits per heavy atom. The molecule has 0 aliphatic carbocycles. The van der Waals surface area contributed by atoms with Gasteiger partial charge in [-0.3, -0.25) is 4.90 Å². The molecule has 0 amide bonds. The van der Waals surface area contributed by atoms with Gasteiger partial charge in [0.25, 0.3) is 0 Å². The first kappa shape index (κ1) is 13.4. The number of hydrogen-bond donors (Lipinski definition) is 1. The van der Waals surface area contributed by atoms with Crippen LogP contribution in [0.3, 0.4) is 0 Å². The summed E-state index contributed by atoms with van der Waals surface area (Å²) in [4.78, 5) is 2.80. The van der Waals surface area contributed by atoms with E-state index < -0.39 is 0 Å². The Labute approximate surface area is 113 Å². The molecule has 1 saturated heterocycles. The SMILES string of the molecule is NC(=S)C(c1ccc(F)cc1)N1CCCCCC1. The number of likely N-dealkylation sites (tertiary alicyclic amines) is 1. The van der Waals surface area contributed by atoms with Crippen LogP contribution in [0.4, 0.5) is 4.39 Å². The average Bonchev–Trinajstić information content (AvgIpc) is 2.60. The second-order valence-corrected chi connectivity index (χ2v) is 5.28. The summed E-state index contributed by atoms with van der Waals surface area (Å²) in [5.74, 6) is -0.226. The molecule has 0 spiro atoms. The number of nitrogens with zero attached hydrogens (tertiary/aromatic N) is 1. The molecule has 0 aromatic heterocycles. The van der Waals surface area contributed by atoms with Crippen LogP contribution in [0, 0.1) is 5.82 Å². The Morgan fingerprint density at radius 1 is 1.11 bits per heavy atom. The molecule has 98 valence electrons. The second kappa shape index (κ2) is 6.25. The van der Waals surface area contributed by atoms with Gasteiger partial charge in [0.05, 0.1) is 11.0 Å². The van der Waals surface area contributed by atoms with E-state index in [2.05, 4.69) is 4.90 Å². The largest absolute Gasteiger partial charge is 0.392 e. The van der Waals surface area contributed by atoms with Crippen molar-refractivity contribution in [1.82, 2.24) is 4.90 Å². The minimum atomic E-state index is -0.226. The maximum Gasteiger partial charge on any atom is 0.123 e. The van der Waals surface area contributed by atoms with Gasteiger partial charge in [0, 0.05) is 0 Å². The van der Waals surface area contributed by atoms with Crippen molar-refractivity contribution in [1.29, 1.82) is 0 Å². The monoisotopic (exact) mass is 266 g/mol. The van der Waals surface area contributed by atoms with Crippen molar-refractivity contribution in [2.75, 3.05) is 13.1 Å². The second-order valence-electron chi connectivity index (χ2n) is 4.81. The highest BCUT2D eigenvalue weighted by Crippen LogP contribution is 2.24. The molecule has 1 atom stereocenters. The Kier molecular flexibility index (Phi) is 4.66. The molecule has 1 aromatic carbocycles. The Balaban J connectivity index is 2.21. The molecule has 2 nitrogen and oxygen atoms in total. The standard InChI is InChI=1S/C14H19FN2S/c15-12-7-5-11(6-8-12)13(14(16)18)17-9-3-1-2-4-10-17/h5-8,13H,1-4,9-10H2,(H2,16,18). The third-order valence-corrected chi connectivity index (χ3v) is 3.68. The summed E-state index contributed by atoms with van der Waals surface area (Å²) >= 11 is 5.20. The number of rotatable bonds is 3. The Bertz CT molecular complexity index is 397. The number of benzene rings is 1. The zero-order valence-electron chi connectivity index (χ0n) is 10.4. The first-order chi connectivity index (χ1) is 8.68. The van der Waals surface area contributed by atoms with Gasteiger partial charge in [0.1, 0.15) is 5.82 Å². The normalized spacial score (nSPS) is 19.2. The molecule has 1 aromatic rings. The van der Waals surface area contributed by atoms with Gasteiger partial charge in [-0.25, -0.2) is 4.39 Å². The van der Waals surface area contributed by atoms with Crippen LogP contribution in [0.2, 0.25) is 0 Å². The molecular formula is C14H19FN2S. The first-order valence-corrected chi connectivity index (χ1v) is 6.88. The lowest BCUT2D eigenvalue weighted by molar-refractivity contribution is 0.254. The topological polar surface area (TPSA) is 29.3 Å². The summed E-state index contributed by atoms with van der Waals surface area (Å²) in [5, 5.41) is 0. The highest BCUT2D eigenvalue weighted by molar-refractivity contribution is 7.80. The van der Waals surface area contributed by atoms with Gasteiger partial charge in [0.2, 0.25) is 0 Å². The number of hydrogen-bond acceptors (Lipinski definition) is 2. The van der Waals surface area contributed by atoms with Gasteiger partial charge < -0.3 is 5.73 Å². The van der Waals surface area contributed by atoms with Crippen molar-refractivity contribution in [2.45, 2.75) is 31.7 Å². The minimum Gasteiger partial charge on any atom is -0.392 e. The van der Waals surface area contributed by atoms with Crippen LogP contribution in [0.5, 0.6) is 0 Å². The molecule has 0 radical (unpaired) electrons. The summed E-state index contributed by atoms with van der Waals surface area (Å²) in [5.41, 5.74) is 6.88. The van der Waals surface area contributed by atoms with E-state index in [0.29, 0.717) is 4.99 Å². The van der Waals surface area contributed by atoms with Crippen LogP contribution in [-0.2, 0) is 0 Å². The molecule has 1 unspecified atom stereocenters. The summed E-state index contributed by atoms with van der Waals surface area (Å²) in [6.07, 6.45) is 4.90. The van der Waals surface area contributed by atoms with Crippen LogP contribution >= 0.6 is 12.2 Å². The van der Waals surface area contributed by atoms with E-state index in [9.17, 15) is 4.39 Å². The summed E-state index contributed by atoms with van der Waals surface area (Å²) in [6.45, 7) is 2.03. The first-order valence-electron chi connectivity index (χ1n) is 6.47. The zero-order valence-corrected chi connectivity index (χ0v) is 11.3. The fourth-order valence-electron chi connectivity index (χ4n) is 2.55. The molecule has 2 rings (SSSR count). The lowest BCUT2D eigenvalue weighted by atomic mass is 10.0. The molecule has 0 saturated carbocycles. The lowest BCUT2D eigenvalue weighted by Gasteiger charge is -2.30. The average molecular weight is 266 g/mol. The van der Waals surface area contributed by atoms with Gasteiger partial charge in [-0.15, -0.1) is 0 Å². The van der Waals surface area contributed by atoms with Gasteiger partial charge in [0.15, 0.2) is 0 Å². The maximum atomic E-state index is 13.0. The predicted molar refractivity (Wildman–Crippen MR) is 76.0 cm³/mol. The van der Waals surface area contributed by atoms with Crippen molar-refractivity contribution in [3.05, 3.63) is 35.6 Å². The van der Waals surface area contributed by atoms with Crippen LogP contribution in [0.15, 0.2) is 24.3 Å². The van der Waals surface area contributed by atoms with E-state index in [4.69, 9.17) is 18.0 Å². The van der Waals surface area contributed by atoms with Gasteiger partial charge in [-0.05, 0) is 43.6 Å². The van der Waals surface area contributed by atoms with Gasteiger partial charge >= 0.3 is 0 Å². The third-order valence-electron chi connectivity index (χ3n) is 3.46. The van der Waals surface area contributed by atoms with Gasteiger partial charge in [-0.1, -0.05) is 37.2 Å². The minimum absolute atomic E-state index is 0.0568. The highest BCUT2D eigenvalue weighted by Gasteiger charge is 2.23. The van der Waals surface area contributed by atoms with E-state index in [-0.39, 0.29) is 11.9 Å². The smallest absolute Gasteiger partial charge is 0.123 e.